The van der Waals surface area contributed by atoms with Gasteiger partial charge in [-0.1, -0.05) is 23.8 Å². The number of thiophene rings is 1. The SMILES string of the molecule is Cc1ccc(SCCC(=O)N2CCC(NS(=O)(=O)c3cccs3)CC2)cc1. The van der Waals surface area contributed by atoms with E-state index in [1.165, 1.54) is 21.8 Å². The molecule has 3 rings (SSSR count). The molecule has 0 bridgehead atoms. The van der Waals surface area contributed by atoms with Crippen LogP contribution >= 0.6 is 23.1 Å². The van der Waals surface area contributed by atoms with Gasteiger partial charge in [-0.2, -0.15) is 0 Å². The summed E-state index contributed by atoms with van der Waals surface area (Å²) in [7, 11) is -3.44. The number of amides is 1. The maximum absolute atomic E-state index is 12.4. The van der Waals surface area contributed by atoms with Crippen molar-refractivity contribution in [1.29, 1.82) is 0 Å². The third kappa shape index (κ3) is 5.81. The van der Waals surface area contributed by atoms with Crippen molar-refractivity contribution in [2.75, 3.05) is 18.8 Å². The van der Waals surface area contributed by atoms with Crippen molar-refractivity contribution in [3.8, 4) is 0 Å². The summed E-state index contributed by atoms with van der Waals surface area (Å²) < 4.78 is 27.7. The average molecular weight is 425 g/mol. The van der Waals surface area contributed by atoms with Crippen LogP contribution in [0.5, 0.6) is 0 Å². The quantitative estimate of drug-likeness (QED) is 0.691. The van der Waals surface area contributed by atoms with Crippen molar-refractivity contribution in [3.63, 3.8) is 0 Å². The second kappa shape index (κ2) is 9.23. The molecule has 1 aromatic heterocycles. The van der Waals surface area contributed by atoms with Crippen LogP contribution in [0.4, 0.5) is 0 Å². The highest BCUT2D eigenvalue weighted by Gasteiger charge is 2.26. The molecule has 1 aliphatic rings. The molecule has 1 amide bonds. The minimum atomic E-state index is -3.44. The van der Waals surface area contributed by atoms with Crippen molar-refractivity contribution in [2.24, 2.45) is 0 Å². The molecular weight excluding hydrogens is 400 g/mol. The predicted octanol–water partition coefficient (Wildman–Crippen LogP) is 3.51. The molecule has 0 saturated carbocycles. The Morgan fingerprint density at radius 3 is 2.56 bits per heavy atom. The molecule has 0 spiro atoms. The van der Waals surface area contributed by atoms with Crippen molar-refractivity contribution < 1.29 is 13.2 Å². The Hall–Kier alpha value is -1.35. The van der Waals surface area contributed by atoms with Crippen molar-refractivity contribution >= 4 is 39.0 Å². The lowest BCUT2D eigenvalue weighted by Crippen LogP contribution is -2.46. The summed E-state index contributed by atoms with van der Waals surface area (Å²) in [5.74, 6) is 0.904. The van der Waals surface area contributed by atoms with Gasteiger partial charge in [0.25, 0.3) is 0 Å². The minimum absolute atomic E-state index is 0.108. The lowest BCUT2D eigenvalue weighted by Gasteiger charge is -2.32. The van der Waals surface area contributed by atoms with E-state index in [0.717, 1.165) is 5.75 Å². The Bertz CT molecular complexity index is 841. The molecule has 0 aliphatic carbocycles. The van der Waals surface area contributed by atoms with Crippen LogP contribution in [0.15, 0.2) is 50.9 Å². The van der Waals surface area contributed by atoms with Gasteiger partial charge in [0.1, 0.15) is 4.21 Å². The van der Waals surface area contributed by atoms with Crippen LogP contribution in [0.3, 0.4) is 0 Å². The molecule has 1 aromatic carbocycles. The van der Waals surface area contributed by atoms with Crippen LogP contribution in [0, 0.1) is 6.92 Å². The molecule has 0 atom stereocenters. The molecule has 146 valence electrons. The van der Waals surface area contributed by atoms with Gasteiger partial charge in [-0.15, -0.1) is 23.1 Å². The largest absolute Gasteiger partial charge is 0.343 e. The van der Waals surface area contributed by atoms with Crippen LogP contribution in [0.1, 0.15) is 24.8 Å². The second-order valence-corrected chi connectivity index (χ2v) is 10.7. The second-order valence-electron chi connectivity index (χ2n) is 6.62. The Kier molecular flexibility index (Phi) is 6.97. The zero-order valence-electron chi connectivity index (χ0n) is 15.3. The average Bonchev–Trinajstić information content (AvgIpc) is 3.19. The summed E-state index contributed by atoms with van der Waals surface area (Å²) in [6.07, 6.45) is 1.81. The van der Waals surface area contributed by atoms with Gasteiger partial charge in [0.15, 0.2) is 0 Å². The lowest BCUT2D eigenvalue weighted by atomic mass is 10.1. The molecule has 1 saturated heterocycles. The van der Waals surface area contributed by atoms with Crippen molar-refractivity contribution in [2.45, 2.75) is 41.3 Å². The number of carbonyl (C=O) groups is 1. The van der Waals surface area contributed by atoms with E-state index in [1.807, 2.05) is 4.90 Å². The van der Waals surface area contributed by atoms with E-state index in [0.29, 0.717) is 36.6 Å². The molecule has 0 radical (unpaired) electrons. The van der Waals surface area contributed by atoms with E-state index >= 15 is 0 Å². The van der Waals surface area contributed by atoms with Crippen LogP contribution in [-0.2, 0) is 14.8 Å². The highest BCUT2D eigenvalue weighted by Crippen LogP contribution is 2.21. The van der Waals surface area contributed by atoms with E-state index in [9.17, 15) is 13.2 Å². The number of sulfonamides is 1. The summed E-state index contributed by atoms with van der Waals surface area (Å²) in [6.45, 7) is 3.26. The molecule has 2 heterocycles. The summed E-state index contributed by atoms with van der Waals surface area (Å²) in [5, 5.41) is 1.75. The fraction of sp³-hybridized carbons (Fsp3) is 0.421. The number of likely N-dealkylation sites (tertiary alicyclic amines) is 1. The minimum Gasteiger partial charge on any atom is -0.343 e. The summed E-state index contributed by atoms with van der Waals surface area (Å²) >= 11 is 2.90. The third-order valence-electron chi connectivity index (χ3n) is 4.54. The standard InChI is InChI=1S/C19H24N2O3S3/c1-15-4-6-17(7-5-15)25-14-10-18(22)21-11-8-16(9-12-21)20-27(23,24)19-3-2-13-26-19/h2-7,13,16,20H,8-12,14H2,1H3. The number of benzene rings is 1. The molecule has 1 N–H and O–H groups in total. The maximum atomic E-state index is 12.4. The first kappa shape index (κ1) is 20.4. The van der Waals surface area contributed by atoms with E-state index in [-0.39, 0.29) is 11.9 Å². The first-order valence-corrected chi connectivity index (χ1v) is 12.3. The van der Waals surface area contributed by atoms with Gasteiger partial charge in [-0.3, -0.25) is 4.79 Å². The number of hydrogen-bond acceptors (Lipinski definition) is 5. The van der Waals surface area contributed by atoms with E-state index < -0.39 is 10.0 Å². The molecule has 2 aromatic rings. The molecule has 1 fully saturated rings. The zero-order valence-corrected chi connectivity index (χ0v) is 17.7. The van der Waals surface area contributed by atoms with Gasteiger partial charge in [-0.25, -0.2) is 13.1 Å². The zero-order chi connectivity index (χ0) is 19.3. The first-order chi connectivity index (χ1) is 12.9. The van der Waals surface area contributed by atoms with E-state index in [4.69, 9.17) is 0 Å². The normalized spacial score (nSPS) is 15.8. The fourth-order valence-electron chi connectivity index (χ4n) is 2.99. The molecule has 1 aliphatic heterocycles. The Balaban J connectivity index is 1.40. The van der Waals surface area contributed by atoms with Gasteiger partial charge >= 0.3 is 0 Å². The van der Waals surface area contributed by atoms with Crippen molar-refractivity contribution in [3.05, 3.63) is 47.3 Å². The van der Waals surface area contributed by atoms with Crippen molar-refractivity contribution in [1.82, 2.24) is 9.62 Å². The van der Waals surface area contributed by atoms with E-state index in [2.05, 4.69) is 35.9 Å². The molecular formula is C19H24N2O3S3. The number of rotatable bonds is 7. The topological polar surface area (TPSA) is 66.5 Å². The highest BCUT2D eigenvalue weighted by atomic mass is 32.2. The van der Waals surface area contributed by atoms with Gasteiger partial charge in [0.05, 0.1) is 0 Å². The van der Waals surface area contributed by atoms with Gasteiger partial charge < -0.3 is 4.90 Å². The van der Waals surface area contributed by atoms with Gasteiger partial charge in [-0.05, 0) is 43.3 Å². The third-order valence-corrected chi connectivity index (χ3v) is 8.47. The van der Waals surface area contributed by atoms with Crippen LogP contribution < -0.4 is 4.72 Å². The number of nitrogens with one attached hydrogen (secondary N) is 1. The molecule has 5 nitrogen and oxygen atoms in total. The van der Waals surface area contributed by atoms with Crippen LogP contribution in [0.2, 0.25) is 0 Å². The number of nitrogens with zero attached hydrogens (tertiary/aromatic N) is 1. The monoisotopic (exact) mass is 424 g/mol. The van der Waals surface area contributed by atoms with Gasteiger partial charge in [0, 0.05) is 36.2 Å². The number of piperidine rings is 1. The number of aryl methyl sites for hydroxylation is 1. The summed E-state index contributed by atoms with van der Waals surface area (Å²) in [5.41, 5.74) is 1.23. The molecule has 27 heavy (non-hydrogen) atoms. The summed E-state index contributed by atoms with van der Waals surface area (Å²) in [6, 6.07) is 11.5. The Labute approximate surface area is 169 Å². The molecule has 8 heteroatoms. The van der Waals surface area contributed by atoms with E-state index in [1.54, 1.807) is 29.3 Å². The highest BCUT2D eigenvalue weighted by molar-refractivity contribution is 7.99. The Morgan fingerprint density at radius 2 is 1.93 bits per heavy atom. The number of carbonyl (C=O) groups excluding carboxylic acids is 1. The van der Waals surface area contributed by atoms with Crippen LogP contribution in [-0.4, -0.2) is 44.1 Å². The smallest absolute Gasteiger partial charge is 0.250 e. The first-order valence-electron chi connectivity index (χ1n) is 8.97. The predicted molar refractivity (Wildman–Crippen MR) is 111 cm³/mol. The Morgan fingerprint density at radius 1 is 1.22 bits per heavy atom. The fourth-order valence-corrected chi connectivity index (χ4v) is 6.14. The molecule has 0 unspecified atom stereocenters. The lowest BCUT2D eigenvalue weighted by molar-refractivity contribution is -0.131. The number of hydrogen-bond donors (Lipinski definition) is 1. The summed E-state index contributed by atoms with van der Waals surface area (Å²) in [4.78, 5) is 15.4. The maximum Gasteiger partial charge on any atom is 0.250 e. The van der Waals surface area contributed by atoms with Crippen LogP contribution in [0.25, 0.3) is 0 Å². The number of thioether (sulfide) groups is 1. The van der Waals surface area contributed by atoms with Gasteiger partial charge in [0.2, 0.25) is 15.9 Å².